The van der Waals surface area contributed by atoms with Gasteiger partial charge in [-0.3, -0.25) is 4.79 Å². The van der Waals surface area contributed by atoms with Crippen LogP contribution < -0.4 is 9.64 Å². The molecule has 0 aromatic heterocycles. The van der Waals surface area contributed by atoms with Crippen LogP contribution in [0.25, 0.3) is 0 Å². The van der Waals surface area contributed by atoms with Crippen molar-refractivity contribution in [3.63, 3.8) is 0 Å². The Labute approximate surface area is 153 Å². The molecule has 0 saturated carbocycles. The molecule has 1 fully saturated rings. The summed E-state index contributed by atoms with van der Waals surface area (Å²) in [5, 5.41) is 0. The molecule has 0 atom stereocenters. The SMILES string of the molecule is Cc1cccc2c1N(CCCOc1ccccc1)C(=O)C21OCCCO1. The maximum Gasteiger partial charge on any atom is 0.292 e. The number of ether oxygens (including phenoxy) is 3. The van der Waals surface area contributed by atoms with Gasteiger partial charge in [0.15, 0.2) is 0 Å². The minimum absolute atomic E-state index is 0.124. The van der Waals surface area contributed by atoms with Gasteiger partial charge in [0.1, 0.15) is 5.75 Å². The number of hydrogen-bond donors (Lipinski definition) is 0. The first-order valence-corrected chi connectivity index (χ1v) is 9.10. The summed E-state index contributed by atoms with van der Waals surface area (Å²) in [7, 11) is 0. The first-order chi connectivity index (χ1) is 12.7. The fourth-order valence-corrected chi connectivity index (χ4v) is 3.63. The van der Waals surface area contributed by atoms with Gasteiger partial charge >= 0.3 is 0 Å². The van der Waals surface area contributed by atoms with E-state index >= 15 is 0 Å². The molecular weight excluding hydrogens is 330 g/mol. The van der Waals surface area contributed by atoms with Gasteiger partial charge in [0.05, 0.1) is 25.5 Å². The molecule has 0 N–H and O–H groups in total. The molecule has 2 aliphatic heterocycles. The molecular formula is C21H23NO4. The lowest BCUT2D eigenvalue weighted by Crippen LogP contribution is -2.47. The molecule has 0 radical (unpaired) electrons. The topological polar surface area (TPSA) is 48.0 Å². The van der Waals surface area contributed by atoms with E-state index in [2.05, 4.69) is 0 Å². The number of anilines is 1. The fraction of sp³-hybridized carbons (Fsp3) is 0.381. The number of aryl methyl sites for hydroxylation is 1. The highest BCUT2D eigenvalue weighted by molar-refractivity contribution is 6.06. The second kappa shape index (κ2) is 7.09. The van der Waals surface area contributed by atoms with Crippen LogP contribution in [0.4, 0.5) is 5.69 Å². The zero-order valence-corrected chi connectivity index (χ0v) is 14.9. The Bertz CT molecular complexity index is 784. The molecule has 0 bridgehead atoms. The number of nitrogens with zero attached hydrogens (tertiary/aromatic N) is 1. The summed E-state index contributed by atoms with van der Waals surface area (Å²) in [4.78, 5) is 15.0. The van der Waals surface area contributed by atoms with Crippen molar-refractivity contribution in [2.24, 2.45) is 0 Å². The number of carbonyl (C=O) groups excluding carboxylic acids is 1. The van der Waals surface area contributed by atoms with Crippen LogP contribution in [0.15, 0.2) is 48.5 Å². The van der Waals surface area contributed by atoms with Crippen LogP contribution in [0.1, 0.15) is 24.0 Å². The summed E-state index contributed by atoms with van der Waals surface area (Å²) in [6.07, 6.45) is 1.53. The third-order valence-electron chi connectivity index (χ3n) is 4.83. The molecule has 1 saturated heterocycles. The van der Waals surface area contributed by atoms with Crippen LogP contribution in [0, 0.1) is 6.92 Å². The van der Waals surface area contributed by atoms with Crippen molar-refractivity contribution >= 4 is 11.6 Å². The van der Waals surface area contributed by atoms with Crippen molar-refractivity contribution < 1.29 is 19.0 Å². The lowest BCUT2D eigenvalue weighted by Gasteiger charge is -2.32. The minimum Gasteiger partial charge on any atom is -0.494 e. The number of fused-ring (bicyclic) bond motifs is 2. The molecule has 2 aromatic carbocycles. The Kier molecular flexibility index (Phi) is 4.66. The Morgan fingerprint density at radius 3 is 2.62 bits per heavy atom. The normalized spacial score (nSPS) is 18.2. The molecule has 4 rings (SSSR count). The van der Waals surface area contributed by atoms with Crippen LogP contribution in [-0.2, 0) is 20.1 Å². The molecule has 5 nitrogen and oxygen atoms in total. The van der Waals surface area contributed by atoms with E-state index in [0.29, 0.717) is 26.4 Å². The molecule has 1 amide bonds. The van der Waals surface area contributed by atoms with E-state index in [1.54, 1.807) is 4.90 Å². The average molecular weight is 353 g/mol. The maximum absolute atomic E-state index is 13.2. The highest BCUT2D eigenvalue weighted by Gasteiger charge is 2.55. The maximum atomic E-state index is 13.2. The third-order valence-corrected chi connectivity index (χ3v) is 4.83. The Hall–Kier alpha value is -2.37. The standard InChI is InChI=1S/C21H23NO4/c1-16-8-5-11-18-19(16)22(20(23)21(18)25-14-7-15-26-21)12-6-13-24-17-9-3-2-4-10-17/h2-5,8-11H,6-7,12-15H2,1H3. The molecule has 136 valence electrons. The summed E-state index contributed by atoms with van der Waals surface area (Å²) in [6.45, 7) is 4.19. The van der Waals surface area contributed by atoms with Crippen LogP contribution >= 0.6 is 0 Å². The minimum atomic E-state index is -1.26. The van der Waals surface area contributed by atoms with Crippen molar-refractivity contribution in [3.8, 4) is 5.75 Å². The quantitative estimate of drug-likeness (QED) is 0.773. The van der Waals surface area contributed by atoms with Gasteiger partial charge in [-0.1, -0.05) is 36.4 Å². The van der Waals surface area contributed by atoms with E-state index < -0.39 is 5.79 Å². The molecule has 2 aliphatic rings. The van der Waals surface area contributed by atoms with Gasteiger partial charge in [-0.05, 0) is 37.5 Å². The van der Waals surface area contributed by atoms with E-state index in [-0.39, 0.29) is 5.91 Å². The van der Waals surface area contributed by atoms with Crippen molar-refractivity contribution in [1.82, 2.24) is 0 Å². The number of rotatable bonds is 5. The molecule has 0 aliphatic carbocycles. The summed E-state index contributed by atoms with van der Waals surface area (Å²) in [5.41, 5.74) is 2.79. The van der Waals surface area contributed by atoms with Gasteiger partial charge in [-0.25, -0.2) is 0 Å². The van der Waals surface area contributed by atoms with E-state index in [4.69, 9.17) is 14.2 Å². The summed E-state index contributed by atoms with van der Waals surface area (Å²) in [5.74, 6) is -0.548. The van der Waals surface area contributed by atoms with Gasteiger partial charge in [-0.15, -0.1) is 0 Å². The summed E-state index contributed by atoms with van der Waals surface area (Å²) < 4.78 is 17.5. The second-order valence-corrected chi connectivity index (χ2v) is 6.61. The molecule has 26 heavy (non-hydrogen) atoms. The highest BCUT2D eigenvalue weighted by Crippen LogP contribution is 2.46. The van der Waals surface area contributed by atoms with E-state index in [1.165, 1.54) is 0 Å². The lowest BCUT2D eigenvalue weighted by molar-refractivity contribution is -0.256. The first-order valence-electron chi connectivity index (χ1n) is 9.10. The summed E-state index contributed by atoms with van der Waals surface area (Å²) in [6, 6.07) is 15.6. The molecule has 1 spiro atoms. The van der Waals surface area contributed by atoms with Crippen molar-refractivity contribution in [3.05, 3.63) is 59.7 Å². The van der Waals surface area contributed by atoms with Gasteiger partial charge < -0.3 is 19.1 Å². The smallest absolute Gasteiger partial charge is 0.292 e. The van der Waals surface area contributed by atoms with Crippen molar-refractivity contribution in [2.75, 3.05) is 31.3 Å². The Morgan fingerprint density at radius 2 is 1.85 bits per heavy atom. The van der Waals surface area contributed by atoms with Crippen molar-refractivity contribution in [2.45, 2.75) is 25.6 Å². The predicted octanol–water partition coefficient (Wildman–Crippen LogP) is 3.40. The molecule has 2 aromatic rings. The number of hydrogen-bond acceptors (Lipinski definition) is 4. The monoisotopic (exact) mass is 353 g/mol. The Morgan fingerprint density at radius 1 is 1.08 bits per heavy atom. The number of para-hydroxylation sites is 2. The zero-order chi connectivity index (χ0) is 18.0. The zero-order valence-electron chi connectivity index (χ0n) is 14.9. The number of carbonyl (C=O) groups is 1. The van der Waals surface area contributed by atoms with E-state index in [1.807, 2.05) is 55.5 Å². The third kappa shape index (κ3) is 2.87. The van der Waals surface area contributed by atoms with Crippen LogP contribution in [-0.4, -0.2) is 32.3 Å². The average Bonchev–Trinajstić information content (AvgIpc) is 2.90. The molecule has 0 unspecified atom stereocenters. The van der Waals surface area contributed by atoms with E-state index in [9.17, 15) is 4.79 Å². The molecule has 2 heterocycles. The molecule has 5 heteroatoms. The van der Waals surface area contributed by atoms with E-state index in [0.717, 1.165) is 35.4 Å². The van der Waals surface area contributed by atoms with Crippen LogP contribution in [0.3, 0.4) is 0 Å². The van der Waals surface area contributed by atoms with Gasteiger partial charge in [0.2, 0.25) is 0 Å². The fourth-order valence-electron chi connectivity index (χ4n) is 3.63. The summed E-state index contributed by atoms with van der Waals surface area (Å²) >= 11 is 0. The van der Waals surface area contributed by atoms with Crippen LogP contribution in [0.5, 0.6) is 5.75 Å². The van der Waals surface area contributed by atoms with Gasteiger partial charge in [-0.2, -0.15) is 0 Å². The second-order valence-electron chi connectivity index (χ2n) is 6.61. The number of benzene rings is 2. The lowest BCUT2D eigenvalue weighted by atomic mass is 10.0. The van der Waals surface area contributed by atoms with Crippen molar-refractivity contribution in [1.29, 1.82) is 0 Å². The number of amides is 1. The first kappa shape index (κ1) is 17.1. The Balaban J connectivity index is 1.50. The van der Waals surface area contributed by atoms with Crippen LogP contribution in [0.2, 0.25) is 0 Å². The predicted molar refractivity (Wildman–Crippen MR) is 98.3 cm³/mol. The largest absolute Gasteiger partial charge is 0.494 e. The highest BCUT2D eigenvalue weighted by atomic mass is 16.7. The van der Waals surface area contributed by atoms with Gasteiger partial charge in [0, 0.05) is 12.1 Å². The van der Waals surface area contributed by atoms with Gasteiger partial charge in [0.25, 0.3) is 11.7 Å².